The van der Waals surface area contributed by atoms with E-state index in [1.165, 1.54) is 128 Å². The average molecular weight is 675 g/mol. The van der Waals surface area contributed by atoms with E-state index in [1.54, 1.807) is 0 Å². The summed E-state index contributed by atoms with van der Waals surface area (Å²) in [5.74, 6) is 0.565. The Balaban J connectivity index is 1.11. The maximum absolute atomic E-state index is 2.48. The van der Waals surface area contributed by atoms with E-state index in [2.05, 4.69) is 177 Å². The van der Waals surface area contributed by atoms with Crippen molar-refractivity contribution in [1.29, 1.82) is 0 Å². The molecule has 0 N–H and O–H groups in total. The molecule has 0 heterocycles. The van der Waals surface area contributed by atoms with Crippen molar-refractivity contribution in [1.82, 2.24) is 0 Å². The summed E-state index contributed by atoms with van der Waals surface area (Å²) < 4.78 is 0. The summed E-state index contributed by atoms with van der Waals surface area (Å²) in [6.07, 6.45) is 3.79. The largest absolute Gasteiger partial charge is 0.0616 e. The van der Waals surface area contributed by atoms with Crippen LogP contribution in [0.15, 0.2) is 170 Å². The summed E-state index contributed by atoms with van der Waals surface area (Å²) in [5, 5.41) is 15.8. The Bertz CT molecular complexity index is 3080. The predicted octanol–water partition coefficient (Wildman–Crippen LogP) is 15.2. The van der Waals surface area contributed by atoms with E-state index in [1.807, 2.05) is 0 Å². The summed E-state index contributed by atoms with van der Waals surface area (Å²) in [6.45, 7) is 2.29. The Kier molecular flexibility index (Phi) is 6.83. The highest BCUT2D eigenvalue weighted by Gasteiger charge is 2.27. The van der Waals surface area contributed by atoms with Gasteiger partial charge in [0.25, 0.3) is 0 Å². The van der Waals surface area contributed by atoms with Gasteiger partial charge in [-0.15, -0.1) is 0 Å². The van der Waals surface area contributed by atoms with Crippen LogP contribution in [-0.4, -0.2) is 0 Å². The molecule has 250 valence electrons. The summed E-state index contributed by atoms with van der Waals surface area (Å²) >= 11 is 0. The van der Waals surface area contributed by atoms with Gasteiger partial charge in [0, 0.05) is 0 Å². The maximum Gasteiger partial charge on any atom is -0.00696 e. The van der Waals surface area contributed by atoms with Crippen LogP contribution in [0.4, 0.5) is 0 Å². The van der Waals surface area contributed by atoms with Crippen molar-refractivity contribution in [2.24, 2.45) is 0 Å². The number of hydrogen-bond donors (Lipinski definition) is 0. The third kappa shape index (κ3) is 4.75. The number of benzene rings is 10. The van der Waals surface area contributed by atoms with Gasteiger partial charge in [0.05, 0.1) is 0 Å². The Morgan fingerprint density at radius 1 is 0.358 bits per heavy atom. The van der Waals surface area contributed by atoms with Gasteiger partial charge in [-0.05, 0) is 153 Å². The van der Waals surface area contributed by atoms with E-state index in [0.29, 0.717) is 5.92 Å². The van der Waals surface area contributed by atoms with Gasteiger partial charge in [-0.2, -0.15) is 0 Å². The first-order chi connectivity index (χ1) is 26.2. The fourth-order valence-electron chi connectivity index (χ4n) is 9.46. The fourth-order valence-corrected chi connectivity index (χ4v) is 9.46. The molecule has 1 saturated carbocycles. The quantitative estimate of drug-likeness (QED) is 0.163. The van der Waals surface area contributed by atoms with E-state index < -0.39 is 0 Å². The highest BCUT2D eigenvalue weighted by atomic mass is 14.3. The molecule has 0 nitrogen and oxygen atoms in total. The first-order valence-corrected chi connectivity index (χ1v) is 19.1. The zero-order chi connectivity index (χ0) is 35.0. The number of fused-ring (bicyclic) bond motifs is 10. The molecule has 10 aromatic carbocycles. The van der Waals surface area contributed by atoms with Gasteiger partial charge in [-0.1, -0.05) is 158 Å². The maximum atomic E-state index is 2.48. The van der Waals surface area contributed by atoms with Crippen LogP contribution in [0.25, 0.3) is 98.0 Å². The standard InChI is InChI=1S/C53H38/c1-33-29-39-13-4-5-16-41(39)47-20-10-21-48(52(33)47)49-22-9-19-42(53(49)35-14-8-15-35)40-26-28-46-45-27-25-38(37-24-23-34-11-2-3-12-36(34)30-37)31-50(45)43-17-6-7-18-44(43)51(46)32-40/h2-7,9-13,16-32,35H,8,14-15H2,1H3. The Morgan fingerprint density at radius 2 is 0.906 bits per heavy atom. The first kappa shape index (κ1) is 30.4. The molecule has 1 fully saturated rings. The van der Waals surface area contributed by atoms with Crippen molar-refractivity contribution in [3.05, 3.63) is 181 Å². The SMILES string of the molecule is Cc1cc2ccccc2c2cccc(-c3cccc(-c4ccc5c6ccc(-c7ccc8ccccc8c7)cc6c6ccccc6c5c4)c3C3CCC3)c12. The summed E-state index contributed by atoms with van der Waals surface area (Å²) in [4.78, 5) is 0. The number of hydrogen-bond acceptors (Lipinski definition) is 0. The fraction of sp³-hybridized carbons (Fsp3) is 0.0943. The normalized spacial score (nSPS) is 13.5. The van der Waals surface area contributed by atoms with Gasteiger partial charge in [0.2, 0.25) is 0 Å². The molecule has 0 bridgehead atoms. The van der Waals surface area contributed by atoms with E-state index in [9.17, 15) is 0 Å². The second-order valence-corrected chi connectivity index (χ2v) is 15.2. The van der Waals surface area contributed by atoms with Crippen LogP contribution in [0.3, 0.4) is 0 Å². The summed E-state index contributed by atoms with van der Waals surface area (Å²) in [7, 11) is 0. The lowest BCUT2D eigenvalue weighted by molar-refractivity contribution is 0.421. The molecule has 0 amide bonds. The second-order valence-electron chi connectivity index (χ2n) is 15.2. The van der Waals surface area contributed by atoms with Gasteiger partial charge in [0.15, 0.2) is 0 Å². The van der Waals surface area contributed by atoms with Crippen molar-refractivity contribution in [2.45, 2.75) is 32.1 Å². The van der Waals surface area contributed by atoms with Crippen molar-refractivity contribution in [2.75, 3.05) is 0 Å². The molecule has 10 aromatic rings. The van der Waals surface area contributed by atoms with Gasteiger partial charge in [-0.3, -0.25) is 0 Å². The van der Waals surface area contributed by atoms with Crippen LogP contribution in [-0.2, 0) is 0 Å². The zero-order valence-electron chi connectivity index (χ0n) is 29.9. The monoisotopic (exact) mass is 674 g/mol. The zero-order valence-corrected chi connectivity index (χ0v) is 29.9. The highest BCUT2D eigenvalue weighted by molar-refractivity contribution is 6.26. The van der Waals surface area contributed by atoms with Crippen molar-refractivity contribution < 1.29 is 0 Å². The lowest BCUT2D eigenvalue weighted by Gasteiger charge is -2.31. The molecular weight excluding hydrogens is 637 g/mol. The van der Waals surface area contributed by atoms with E-state index in [-0.39, 0.29) is 0 Å². The summed E-state index contributed by atoms with van der Waals surface area (Å²) in [6, 6.07) is 64.0. The van der Waals surface area contributed by atoms with Gasteiger partial charge < -0.3 is 0 Å². The molecule has 0 unspecified atom stereocenters. The molecule has 0 heteroatoms. The first-order valence-electron chi connectivity index (χ1n) is 19.1. The van der Waals surface area contributed by atoms with Crippen molar-refractivity contribution >= 4 is 64.6 Å². The molecule has 0 aliphatic heterocycles. The van der Waals surface area contributed by atoms with Gasteiger partial charge in [0.1, 0.15) is 0 Å². The molecule has 1 aliphatic carbocycles. The van der Waals surface area contributed by atoms with Crippen LogP contribution in [0.5, 0.6) is 0 Å². The average Bonchev–Trinajstić information content (AvgIpc) is 3.20. The molecule has 1 aliphatic rings. The van der Waals surface area contributed by atoms with Crippen LogP contribution in [0.2, 0.25) is 0 Å². The minimum atomic E-state index is 0.565. The Morgan fingerprint density at radius 3 is 1.66 bits per heavy atom. The molecule has 0 spiro atoms. The molecular formula is C53H38. The minimum Gasteiger partial charge on any atom is -0.0616 e. The van der Waals surface area contributed by atoms with E-state index >= 15 is 0 Å². The second kappa shape index (κ2) is 11.9. The molecule has 0 atom stereocenters. The molecule has 0 saturated heterocycles. The number of aryl methyl sites for hydroxylation is 1. The molecule has 53 heavy (non-hydrogen) atoms. The van der Waals surface area contributed by atoms with Crippen LogP contribution >= 0.6 is 0 Å². The molecule has 0 aromatic heterocycles. The third-order valence-electron chi connectivity index (χ3n) is 12.2. The lowest BCUT2D eigenvalue weighted by atomic mass is 9.73. The highest BCUT2D eigenvalue weighted by Crippen LogP contribution is 2.49. The number of rotatable bonds is 4. The topological polar surface area (TPSA) is 0 Å². The Labute approximate surface area is 310 Å². The Hall–Kier alpha value is -6.24. The third-order valence-corrected chi connectivity index (χ3v) is 12.2. The van der Waals surface area contributed by atoms with Crippen LogP contribution in [0, 0.1) is 6.92 Å². The van der Waals surface area contributed by atoms with Crippen LogP contribution in [0.1, 0.15) is 36.3 Å². The van der Waals surface area contributed by atoms with E-state index in [0.717, 1.165) is 0 Å². The van der Waals surface area contributed by atoms with Gasteiger partial charge >= 0.3 is 0 Å². The van der Waals surface area contributed by atoms with E-state index in [4.69, 9.17) is 0 Å². The summed E-state index contributed by atoms with van der Waals surface area (Å²) in [5.41, 5.74) is 10.8. The molecule has 0 radical (unpaired) electrons. The minimum absolute atomic E-state index is 0.565. The lowest BCUT2D eigenvalue weighted by Crippen LogP contribution is -2.11. The van der Waals surface area contributed by atoms with Crippen molar-refractivity contribution in [3.8, 4) is 33.4 Å². The van der Waals surface area contributed by atoms with Crippen LogP contribution < -0.4 is 0 Å². The predicted molar refractivity (Wildman–Crippen MR) is 229 cm³/mol. The molecule has 11 rings (SSSR count). The van der Waals surface area contributed by atoms with Gasteiger partial charge in [-0.25, -0.2) is 0 Å². The van der Waals surface area contributed by atoms with Crippen molar-refractivity contribution in [3.63, 3.8) is 0 Å². The smallest absolute Gasteiger partial charge is 0.00696 e.